The summed E-state index contributed by atoms with van der Waals surface area (Å²) in [5.41, 5.74) is 1.78. The maximum Gasteiger partial charge on any atom is 0.131 e. The van der Waals surface area contributed by atoms with E-state index in [0.29, 0.717) is 22.3 Å². The molecule has 1 unspecified atom stereocenters. The van der Waals surface area contributed by atoms with Crippen LogP contribution in [0.15, 0.2) is 30.3 Å². The lowest BCUT2D eigenvalue weighted by atomic mass is 9.96. The Morgan fingerprint density at radius 1 is 0.850 bits per heavy atom. The van der Waals surface area contributed by atoms with Crippen LogP contribution < -0.4 is 5.32 Å². The molecule has 0 radical (unpaired) electrons. The van der Waals surface area contributed by atoms with Gasteiger partial charge in [-0.3, -0.25) is 0 Å². The van der Waals surface area contributed by atoms with Crippen molar-refractivity contribution in [1.82, 2.24) is 5.32 Å². The molecule has 0 aliphatic heterocycles. The van der Waals surface area contributed by atoms with E-state index in [0.717, 1.165) is 6.07 Å². The number of halogens is 3. The molecule has 0 saturated carbocycles. The Bertz CT molecular complexity index is 638. The van der Waals surface area contributed by atoms with E-state index in [1.54, 1.807) is 33.0 Å². The molecule has 0 aromatic heterocycles. The molecule has 2 rings (SSSR count). The Morgan fingerprint density at radius 2 is 1.50 bits per heavy atom. The summed E-state index contributed by atoms with van der Waals surface area (Å²) in [4.78, 5) is 0. The highest BCUT2D eigenvalue weighted by molar-refractivity contribution is 5.37. The first-order valence-electron chi connectivity index (χ1n) is 6.33. The average Bonchev–Trinajstić information content (AvgIpc) is 2.40. The Labute approximate surface area is 116 Å². The highest BCUT2D eigenvalue weighted by Gasteiger charge is 2.19. The van der Waals surface area contributed by atoms with Crippen LogP contribution in [0.5, 0.6) is 0 Å². The summed E-state index contributed by atoms with van der Waals surface area (Å²) in [5, 5.41) is 2.94. The molecule has 0 bridgehead atoms. The Hall–Kier alpha value is -1.81. The van der Waals surface area contributed by atoms with Gasteiger partial charge in [-0.2, -0.15) is 0 Å². The third-order valence-corrected chi connectivity index (χ3v) is 3.41. The van der Waals surface area contributed by atoms with E-state index < -0.39 is 17.7 Å². The number of aryl methyl sites for hydroxylation is 2. The monoisotopic (exact) mass is 279 g/mol. The van der Waals surface area contributed by atoms with Crippen molar-refractivity contribution in [3.05, 3.63) is 70.0 Å². The maximum atomic E-state index is 14.0. The van der Waals surface area contributed by atoms with E-state index in [2.05, 4.69) is 5.32 Å². The van der Waals surface area contributed by atoms with Crippen LogP contribution in [0.2, 0.25) is 0 Å². The fraction of sp³-hybridized carbons (Fsp3) is 0.250. The first-order valence-corrected chi connectivity index (χ1v) is 6.33. The van der Waals surface area contributed by atoms with E-state index in [1.165, 1.54) is 12.1 Å². The van der Waals surface area contributed by atoms with Crippen LogP contribution in [-0.2, 0) is 0 Å². The summed E-state index contributed by atoms with van der Waals surface area (Å²) >= 11 is 0. The lowest BCUT2D eigenvalue weighted by Gasteiger charge is -2.19. The van der Waals surface area contributed by atoms with Gasteiger partial charge >= 0.3 is 0 Å². The van der Waals surface area contributed by atoms with Crippen LogP contribution in [0.4, 0.5) is 13.2 Å². The van der Waals surface area contributed by atoms with E-state index in [1.807, 2.05) is 0 Å². The van der Waals surface area contributed by atoms with Gasteiger partial charge in [-0.1, -0.05) is 12.1 Å². The number of rotatable bonds is 3. The van der Waals surface area contributed by atoms with E-state index >= 15 is 0 Å². The van der Waals surface area contributed by atoms with Gasteiger partial charge in [0.1, 0.15) is 17.5 Å². The Morgan fingerprint density at radius 3 is 2.10 bits per heavy atom. The second kappa shape index (κ2) is 5.67. The molecule has 0 aliphatic carbocycles. The smallest absolute Gasteiger partial charge is 0.131 e. The number of hydrogen-bond acceptors (Lipinski definition) is 1. The first-order chi connectivity index (χ1) is 9.43. The van der Waals surface area contributed by atoms with Crippen LogP contribution in [0.25, 0.3) is 0 Å². The van der Waals surface area contributed by atoms with Crippen LogP contribution in [-0.4, -0.2) is 7.05 Å². The Balaban J connectivity index is 2.52. The van der Waals surface area contributed by atoms with Crippen molar-refractivity contribution in [2.24, 2.45) is 0 Å². The van der Waals surface area contributed by atoms with Gasteiger partial charge < -0.3 is 5.32 Å². The zero-order chi connectivity index (χ0) is 14.9. The summed E-state index contributed by atoms with van der Waals surface area (Å²) in [6, 6.07) is 6.53. The van der Waals surface area contributed by atoms with E-state index in [9.17, 15) is 13.2 Å². The summed E-state index contributed by atoms with van der Waals surface area (Å²) in [5.74, 6) is -1.58. The number of nitrogens with one attached hydrogen (secondary N) is 1. The molecule has 4 heteroatoms. The molecule has 0 amide bonds. The lowest BCUT2D eigenvalue weighted by molar-refractivity contribution is 0.545. The van der Waals surface area contributed by atoms with E-state index in [4.69, 9.17) is 0 Å². The zero-order valence-corrected chi connectivity index (χ0v) is 11.6. The fourth-order valence-electron chi connectivity index (χ4n) is 2.19. The van der Waals surface area contributed by atoms with Crippen molar-refractivity contribution in [2.75, 3.05) is 7.05 Å². The van der Waals surface area contributed by atoms with Crippen molar-refractivity contribution in [3.8, 4) is 0 Å². The number of hydrogen-bond donors (Lipinski definition) is 1. The minimum atomic E-state index is -0.645. The standard InChI is InChI=1S/C16H16F3N/c1-9-4-5-11(7-13(9)17)16(20-3)12-6-10(2)14(18)8-15(12)19/h4-8,16,20H,1-3H3. The van der Waals surface area contributed by atoms with Gasteiger partial charge in [0.05, 0.1) is 6.04 Å². The summed E-state index contributed by atoms with van der Waals surface area (Å²) in [6.45, 7) is 3.23. The molecule has 20 heavy (non-hydrogen) atoms. The van der Waals surface area contributed by atoms with Crippen LogP contribution in [0, 0.1) is 31.3 Å². The summed E-state index contributed by atoms with van der Waals surface area (Å²) in [6.07, 6.45) is 0. The maximum absolute atomic E-state index is 14.0. The highest BCUT2D eigenvalue weighted by atomic mass is 19.1. The summed E-state index contributed by atoms with van der Waals surface area (Å²) in [7, 11) is 1.65. The van der Waals surface area contributed by atoms with Gasteiger partial charge in [-0.25, -0.2) is 13.2 Å². The van der Waals surface area contributed by atoms with Gasteiger partial charge in [-0.15, -0.1) is 0 Å². The highest BCUT2D eigenvalue weighted by Crippen LogP contribution is 2.27. The largest absolute Gasteiger partial charge is 0.309 e. The van der Waals surface area contributed by atoms with Crippen LogP contribution in [0.1, 0.15) is 28.3 Å². The minimum absolute atomic E-state index is 0.301. The van der Waals surface area contributed by atoms with Gasteiger partial charge in [0.2, 0.25) is 0 Å². The molecule has 1 atom stereocenters. The van der Waals surface area contributed by atoms with Gasteiger partial charge in [0.15, 0.2) is 0 Å². The molecule has 0 aliphatic rings. The molecule has 0 spiro atoms. The molecule has 0 saturated heterocycles. The van der Waals surface area contributed by atoms with Gasteiger partial charge in [-0.05, 0) is 49.7 Å². The molecule has 2 aromatic carbocycles. The van der Waals surface area contributed by atoms with Crippen LogP contribution >= 0.6 is 0 Å². The lowest BCUT2D eigenvalue weighted by Crippen LogP contribution is -2.19. The van der Waals surface area contributed by atoms with Crippen molar-refractivity contribution in [1.29, 1.82) is 0 Å². The predicted molar refractivity (Wildman–Crippen MR) is 73.1 cm³/mol. The minimum Gasteiger partial charge on any atom is -0.309 e. The first kappa shape index (κ1) is 14.6. The predicted octanol–water partition coefficient (Wildman–Crippen LogP) is 4.03. The van der Waals surface area contributed by atoms with Gasteiger partial charge in [0.25, 0.3) is 0 Å². The van der Waals surface area contributed by atoms with Crippen molar-refractivity contribution < 1.29 is 13.2 Å². The Kier molecular flexibility index (Phi) is 4.14. The summed E-state index contributed by atoms with van der Waals surface area (Å²) < 4.78 is 40.9. The van der Waals surface area contributed by atoms with Crippen molar-refractivity contribution in [2.45, 2.75) is 19.9 Å². The second-order valence-electron chi connectivity index (χ2n) is 4.85. The molecule has 1 nitrogen and oxygen atoms in total. The van der Waals surface area contributed by atoms with Crippen molar-refractivity contribution in [3.63, 3.8) is 0 Å². The fourth-order valence-corrected chi connectivity index (χ4v) is 2.19. The van der Waals surface area contributed by atoms with E-state index in [-0.39, 0.29) is 5.82 Å². The quantitative estimate of drug-likeness (QED) is 0.894. The molecular weight excluding hydrogens is 263 g/mol. The molecular formula is C16H16F3N. The number of benzene rings is 2. The molecule has 1 N–H and O–H groups in total. The van der Waals surface area contributed by atoms with Gasteiger partial charge in [0, 0.05) is 11.6 Å². The normalized spacial score (nSPS) is 12.5. The SMILES string of the molecule is CNC(c1ccc(C)c(F)c1)c1cc(C)c(F)cc1F. The third kappa shape index (κ3) is 2.70. The molecule has 0 heterocycles. The average molecular weight is 279 g/mol. The van der Waals surface area contributed by atoms with Crippen molar-refractivity contribution >= 4 is 0 Å². The second-order valence-corrected chi connectivity index (χ2v) is 4.85. The zero-order valence-electron chi connectivity index (χ0n) is 11.6. The molecule has 2 aromatic rings. The molecule has 106 valence electrons. The van der Waals surface area contributed by atoms with Crippen LogP contribution in [0.3, 0.4) is 0 Å². The topological polar surface area (TPSA) is 12.0 Å². The molecule has 0 fully saturated rings. The third-order valence-electron chi connectivity index (χ3n) is 3.41.